The first-order chi connectivity index (χ1) is 6.38. The van der Waals surface area contributed by atoms with Gasteiger partial charge in [0.2, 0.25) is 5.89 Å². The average molecular weight is 178 g/mol. The maximum atomic E-state index is 4.96. The molecule has 0 aliphatic carbocycles. The van der Waals surface area contributed by atoms with Gasteiger partial charge in [-0.25, -0.2) is 0 Å². The van der Waals surface area contributed by atoms with Crippen molar-refractivity contribution in [3.05, 3.63) is 30.2 Å². The Morgan fingerprint density at radius 1 is 1.54 bits per heavy atom. The fourth-order valence-electron chi connectivity index (χ4n) is 1.04. The molecule has 0 bridgehead atoms. The molecule has 0 spiro atoms. The van der Waals surface area contributed by atoms with E-state index in [0.29, 0.717) is 18.3 Å². The highest BCUT2D eigenvalue weighted by molar-refractivity contribution is 4.88. The van der Waals surface area contributed by atoms with E-state index in [2.05, 4.69) is 15.2 Å². The van der Waals surface area contributed by atoms with E-state index in [1.54, 1.807) is 10.9 Å². The van der Waals surface area contributed by atoms with Crippen LogP contribution in [0.25, 0.3) is 0 Å². The zero-order valence-corrected chi connectivity index (χ0v) is 7.34. The first-order valence-electron chi connectivity index (χ1n) is 4.17. The highest BCUT2D eigenvalue weighted by atomic mass is 16.5. The minimum absolute atomic E-state index is 0.566. The Labute approximate surface area is 75.4 Å². The van der Waals surface area contributed by atoms with Crippen LogP contribution in [-0.4, -0.2) is 19.9 Å². The summed E-state index contributed by atoms with van der Waals surface area (Å²) in [5.41, 5.74) is 0. The molecule has 2 rings (SSSR count). The fourth-order valence-corrected chi connectivity index (χ4v) is 1.04. The van der Waals surface area contributed by atoms with Crippen LogP contribution in [0.15, 0.2) is 23.0 Å². The largest absolute Gasteiger partial charge is 0.339 e. The molecule has 0 radical (unpaired) electrons. The Balaban J connectivity index is 2.10. The van der Waals surface area contributed by atoms with E-state index in [0.717, 1.165) is 6.42 Å². The van der Waals surface area contributed by atoms with Gasteiger partial charge in [-0.05, 0) is 6.07 Å². The number of nitrogens with zero attached hydrogens (tertiary/aromatic N) is 4. The van der Waals surface area contributed by atoms with Crippen LogP contribution >= 0.6 is 0 Å². The molecule has 0 N–H and O–H groups in total. The summed E-state index contributed by atoms with van der Waals surface area (Å²) < 4.78 is 6.71. The maximum absolute atomic E-state index is 4.96. The number of hydrogen-bond acceptors (Lipinski definition) is 4. The molecule has 0 atom stereocenters. The normalized spacial score (nSPS) is 10.5. The van der Waals surface area contributed by atoms with Crippen molar-refractivity contribution in [2.45, 2.75) is 19.9 Å². The van der Waals surface area contributed by atoms with Gasteiger partial charge in [-0.2, -0.15) is 10.1 Å². The number of rotatable bonds is 3. The summed E-state index contributed by atoms with van der Waals surface area (Å²) in [5.74, 6) is 1.34. The summed E-state index contributed by atoms with van der Waals surface area (Å²) >= 11 is 0. The van der Waals surface area contributed by atoms with Gasteiger partial charge in [0.1, 0.15) is 6.54 Å². The minimum atomic E-state index is 0.566. The minimum Gasteiger partial charge on any atom is -0.339 e. The van der Waals surface area contributed by atoms with E-state index in [4.69, 9.17) is 4.52 Å². The van der Waals surface area contributed by atoms with Crippen LogP contribution in [0.3, 0.4) is 0 Å². The lowest BCUT2D eigenvalue weighted by molar-refractivity contribution is 0.374. The molecule has 68 valence electrons. The lowest BCUT2D eigenvalue weighted by atomic mass is 10.5. The van der Waals surface area contributed by atoms with Gasteiger partial charge in [0, 0.05) is 18.8 Å². The molecule has 0 saturated heterocycles. The first kappa shape index (κ1) is 7.97. The van der Waals surface area contributed by atoms with Crippen molar-refractivity contribution >= 4 is 0 Å². The first-order valence-corrected chi connectivity index (χ1v) is 4.17. The van der Waals surface area contributed by atoms with Crippen molar-refractivity contribution in [1.82, 2.24) is 19.9 Å². The monoisotopic (exact) mass is 178 g/mol. The molecule has 2 heterocycles. The molecular weight excluding hydrogens is 168 g/mol. The zero-order chi connectivity index (χ0) is 9.10. The van der Waals surface area contributed by atoms with Gasteiger partial charge in [0.05, 0.1) is 0 Å². The smallest absolute Gasteiger partial charge is 0.226 e. The summed E-state index contributed by atoms with van der Waals surface area (Å²) in [6, 6.07) is 1.86. The molecule has 0 saturated carbocycles. The van der Waals surface area contributed by atoms with Crippen LogP contribution < -0.4 is 0 Å². The van der Waals surface area contributed by atoms with Gasteiger partial charge in [-0.1, -0.05) is 12.1 Å². The third-order valence-corrected chi connectivity index (χ3v) is 1.68. The quantitative estimate of drug-likeness (QED) is 0.700. The molecule has 0 aromatic carbocycles. The van der Waals surface area contributed by atoms with E-state index in [1.807, 2.05) is 19.2 Å². The molecule has 13 heavy (non-hydrogen) atoms. The second kappa shape index (κ2) is 3.38. The van der Waals surface area contributed by atoms with Gasteiger partial charge in [0.15, 0.2) is 5.82 Å². The van der Waals surface area contributed by atoms with E-state index in [1.165, 1.54) is 0 Å². The topological polar surface area (TPSA) is 56.7 Å². The molecule has 5 heteroatoms. The summed E-state index contributed by atoms with van der Waals surface area (Å²) in [5, 5.41) is 7.86. The lowest BCUT2D eigenvalue weighted by Gasteiger charge is -1.92. The Bertz CT molecular complexity index is 365. The highest BCUT2D eigenvalue weighted by Gasteiger charge is 2.04. The number of hydrogen-bond donors (Lipinski definition) is 0. The van der Waals surface area contributed by atoms with Crippen molar-refractivity contribution in [2.75, 3.05) is 0 Å². The van der Waals surface area contributed by atoms with Crippen molar-refractivity contribution in [3.63, 3.8) is 0 Å². The lowest BCUT2D eigenvalue weighted by Crippen LogP contribution is -2.01. The van der Waals surface area contributed by atoms with Crippen molar-refractivity contribution in [2.24, 2.45) is 0 Å². The van der Waals surface area contributed by atoms with Gasteiger partial charge in [-0.3, -0.25) is 4.68 Å². The van der Waals surface area contributed by atoms with E-state index >= 15 is 0 Å². The summed E-state index contributed by atoms with van der Waals surface area (Å²) in [4.78, 5) is 4.16. The van der Waals surface area contributed by atoms with Crippen LogP contribution in [0.1, 0.15) is 18.6 Å². The average Bonchev–Trinajstić information content (AvgIpc) is 2.76. The van der Waals surface area contributed by atoms with Crippen molar-refractivity contribution < 1.29 is 4.52 Å². The van der Waals surface area contributed by atoms with E-state index < -0.39 is 0 Å². The Morgan fingerprint density at radius 3 is 3.08 bits per heavy atom. The molecule has 5 nitrogen and oxygen atoms in total. The fraction of sp³-hybridized carbons (Fsp3) is 0.375. The molecule has 0 amide bonds. The van der Waals surface area contributed by atoms with Crippen LogP contribution in [0, 0.1) is 0 Å². The van der Waals surface area contributed by atoms with Crippen LogP contribution in [0.2, 0.25) is 0 Å². The van der Waals surface area contributed by atoms with Crippen LogP contribution in [0.4, 0.5) is 0 Å². The van der Waals surface area contributed by atoms with Gasteiger partial charge in [-0.15, -0.1) is 0 Å². The standard InChI is InChI=1S/C8H10N4O/c1-2-8-10-7(11-13-8)6-12-5-3-4-9-12/h3-5H,2,6H2,1H3. The summed E-state index contributed by atoms with van der Waals surface area (Å²) in [7, 11) is 0. The molecule has 2 aromatic rings. The number of aryl methyl sites for hydroxylation is 1. The summed E-state index contributed by atoms with van der Waals surface area (Å²) in [6.45, 7) is 2.54. The maximum Gasteiger partial charge on any atom is 0.226 e. The molecular formula is C8H10N4O. The highest BCUT2D eigenvalue weighted by Crippen LogP contribution is 1.99. The van der Waals surface area contributed by atoms with E-state index in [9.17, 15) is 0 Å². The second-order valence-corrected chi connectivity index (χ2v) is 2.66. The predicted molar refractivity (Wildman–Crippen MR) is 45.0 cm³/mol. The Morgan fingerprint density at radius 2 is 2.46 bits per heavy atom. The van der Waals surface area contributed by atoms with Crippen molar-refractivity contribution in [1.29, 1.82) is 0 Å². The molecule has 0 fully saturated rings. The third kappa shape index (κ3) is 1.74. The van der Waals surface area contributed by atoms with Crippen molar-refractivity contribution in [3.8, 4) is 0 Å². The number of aromatic nitrogens is 4. The second-order valence-electron chi connectivity index (χ2n) is 2.66. The Kier molecular flexibility index (Phi) is 2.08. The predicted octanol–water partition coefficient (Wildman–Crippen LogP) is 0.877. The van der Waals surface area contributed by atoms with Gasteiger partial charge >= 0.3 is 0 Å². The molecule has 0 aliphatic heterocycles. The molecule has 0 aliphatic rings. The Hall–Kier alpha value is -1.65. The zero-order valence-electron chi connectivity index (χ0n) is 7.34. The van der Waals surface area contributed by atoms with Crippen LogP contribution in [-0.2, 0) is 13.0 Å². The third-order valence-electron chi connectivity index (χ3n) is 1.68. The summed E-state index contributed by atoms with van der Waals surface area (Å²) in [6.07, 6.45) is 4.36. The van der Waals surface area contributed by atoms with Gasteiger partial charge in [0.25, 0.3) is 0 Å². The molecule has 2 aromatic heterocycles. The van der Waals surface area contributed by atoms with Crippen LogP contribution in [0.5, 0.6) is 0 Å². The van der Waals surface area contributed by atoms with E-state index in [-0.39, 0.29) is 0 Å². The van der Waals surface area contributed by atoms with Gasteiger partial charge < -0.3 is 4.52 Å². The SMILES string of the molecule is CCc1nc(Cn2cccn2)no1. The molecule has 0 unspecified atom stereocenters.